The molecule has 1 fully saturated rings. The Hall–Kier alpha value is -3.98. The molecule has 182 valence electrons. The van der Waals surface area contributed by atoms with Crippen LogP contribution in [-0.2, 0) is 17.8 Å². The monoisotopic (exact) mass is 499 g/mol. The van der Waals surface area contributed by atoms with E-state index in [2.05, 4.69) is 15.5 Å². The highest BCUT2D eigenvalue weighted by Crippen LogP contribution is 2.31. The summed E-state index contributed by atoms with van der Waals surface area (Å²) in [6, 6.07) is 16.3. The van der Waals surface area contributed by atoms with Crippen LogP contribution in [-0.4, -0.2) is 56.9 Å². The molecule has 2 aliphatic heterocycles. The summed E-state index contributed by atoms with van der Waals surface area (Å²) in [4.78, 5) is 44.9. The number of hydrogen-bond donors (Lipinski definition) is 2. The highest BCUT2D eigenvalue weighted by Gasteiger charge is 2.38. The fraction of sp³-hybridized carbons (Fsp3) is 0.259. The van der Waals surface area contributed by atoms with E-state index in [1.807, 2.05) is 53.4 Å². The fourth-order valence-corrected chi connectivity index (χ4v) is 6.12. The summed E-state index contributed by atoms with van der Waals surface area (Å²) < 4.78 is 0. The molecule has 4 aromatic rings. The van der Waals surface area contributed by atoms with Crippen LogP contribution in [0.1, 0.15) is 43.3 Å². The zero-order valence-corrected chi connectivity index (χ0v) is 20.4. The molecule has 4 heterocycles. The fourth-order valence-electron chi connectivity index (χ4n) is 5.07. The number of hydrogen-bond acceptors (Lipinski definition) is 5. The van der Waals surface area contributed by atoms with Crippen molar-refractivity contribution in [2.45, 2.75) is 31.8 Å². The van der Waals surface area contributed by atoms with E-state index >= 15 is 0 Å². The van der Waals surface area contributed by atoms with E-state index in [0.29, 0.717) is 42.9 Å². The van der Waals surface area contributed by atoms with Crippen molar-refractivity contribution in [1.82, 2.24) is 20.0 Å². The van der Waals surface area contributed by atoms with Crippen LogP contribution in [0.25, 0.3) is 10.9 Å². The largest absolute Gasteiger partial charge is 0.336 e. The number of likely N-dealkylation sites (tertiary alicyclic amines) is 1. The predicted octanol–water partition coefficient (Wildman–Crippen LogP) is 4.07. The maximum absolute atomic E-state index is 13.6. The molecule has 8 nitrogen and oxygen atoms in total. The van der Waals surface area contributed by atoms with Crippen molar-refractivity contribution >= 4 is 45.6 Å². The van der Waals surface area contributed by atoms with Gasteiger partial charge in [-0.2, -0.15) is 5.10 Å². The molecule has 2 aromatic carbocycles. The van der Waals surface area contributed by atoms with Gasteiger partial charge in [0.1, 0.15) is 6.04 Å². The van der Waals surface area contributed by atoms with Crippen molar-refractivity contribution in [3.63, 3.8) is 0 Å². The van der Waals surface area contributed by atoms with E-state index in [-0.39, 0.29) is 17.7 Å². The van der Waals surface area contributed by atoms with Crippen molar-refractivity contribution in [3.05, 3.63) is 81.7 Å². The molecule has 2 N–H and O–H groups in total. The molecule has 0 bridgehead atoms. The van der Waals surface area contributed by atoms with Crippen molar-refractivity contribution in [2.24, 2.45) is 0 Å². The number of fused-ring (bicyclic) bond motifs is 2. The molecule has 0 spiro atoms. The van der Waals surface area contributed by atoms with Gasteiger partial charge in [0, 0.05) is 41.1 Å². The van der Waals surface area contributed by atoms with Crippen molar-refractivity contribution < 1.29 is 14.4 Å². The SMILES string of the molecule is O=C(Nc1ccccc1)c1cc2c(s1)CCN(C(=O)[C@@H]1CCCN1C(=O)c1ccc3[nH]ncc3c1)C2. The summed E-state index contributed by atoms with van der Waals surface area (Å²) >= 11 is 1.49. The van der Waals surface area contributed by atoms with Gasteiger partial charge in [0.2, 0.25) is 5.91 Å². The second-order valence-electron chi connectivity index (χ2n) is 9.22. The highest BCUT2D eigenvalue weighted by molar-refractivity contribution is 7.14. The Morgan fingerprint density at radius 1 is 1.06 bits per heavy atom. The Kier molecular flexibility index (Phi) is 5.77. The van der Waals surface area contributed by atoms with Gasteiger partial charge in [-0.05, 0) is 61.2 Å². The average Bonchev–Trinajstić information content (AvgIpc) is 3.66. The lowest BCUT2D eigenvalue weighted by Crippen LogP contribution is -2.48. The number of anilines is 1. The van der Waals surface area contributed by atoms with E-state index < -0.39 is 6.04 Å². The Bertz CT molecular complexity index is 1460. The number of carbonyl (C=O) groups is 3. The number of thiophene rings is 1. The second-order valence-corrected chi connectivity index (χ2v) is 10.4. The first-order chi connectivity index (χ1) is 17.6. The molecule has 6 rings (SSSR count). The number of aromatic nitrogens is 2. The number of benzene rings is 2. The standard InChI is InChI=1S/C27H25N5O3S/c33-25(29-20-5-2-1-3-6-20)24-14-19-16-31(12-10-23(19)36-24)27(35)22-7-4-11-32(22)26(34)17-8-9-21-18(13-17)15-28-30-21/h1-3,5-6,8-9,13-15,22H,4,7,10-12,16H2,(H,28,30)(H,29,33)/t22-/m0/s1. The van der Waals surface area contributed by atoms with Crippen LogP contribution >= 0.6 is 11.3 Å². The van der Waals surface area contributed by atoms with Crippen LogP contribution in [0.2, 0.25) is 0 Å². The minimum absolute atomic E-state index is 0.0163. The minimum Gasteiger partial charge on any atom is -0.336 e. The number of aromatic amines is 1. The minimum atomic E-state index is -0.460. The van der Waals surface area contributed by atoms with Crippen molar-refractivity contribution in [3.8, 4) is 0 Å². The molecule has 3 amide bonds. The Labute approximate surface area is 211 Å². The van der Waals surface area contributed by atoms with Crippen molar-refractivity contribution in [1.29, 1.82) is 0 Å². The summed E-state index contributed by atoms with van der Waals surface area (Å²) in [5.74, 6) is -0.278. The normalized spacial score (nSPS) is 17.3. The Morgan fingerprint density at radius 3 is 2.78 bits per heavy atom. The number of nitrogens with zero attached hydrogens (tertiary/aromatic N) is 3. The summed E-state index contributed by atoms with van der Waals surface area (Å²) in [5, 5.41) is 10.7. The molecule has 0 radical (unpaired) electrons. The maximum Gasteiger partial charge on any atom is 0.265 e. The second kappa shape index (κ2) is 9.23. The van der Waals surface area contributed by atoms with Gasteiger partial charge >= 0.3 is 0 Å². The highest BCUT2D eigenvalue weighted by atomic mass is 32.1. The third kappa shape index (κ3) is 4.15. The molecule has 1 saturated heterocycles. The maximum atomic E-state index is 13.6. The van der Waals surface area contributed by atoms with Crippen LogP contribution in [0.15, 0.2) is 60.8 Å². The Balaban J connectivity index is 1.15. The smallest absolute Gasteiger partial charge is 0.265 e. The average molecular weight is 500 g/mol. The summed E-state index contributed by atoms with van der Waals surface area (Å²) in [6.45, 7) is 1.62. The topological polar surface area (TPSA) is 98.4 Å². The third-order valence-electron chi connectivity index (χ3n) is 6.92. The molecule has 2 aromatic heterocycles. The zero-order chi connectivity index (χ0) is 24.6. The first-order valence-corrected chi connectivity index (χ1v) is 12.9. The van der Waals surface area contributed by atoms with Gasteiger partial charge in [-0.25, -0.2) is 0 Å². The zero-order valence-electron chi connectivity index (χ0n) is 19.6. The van der Waals surface area contributed by atoms with Gasteiger partial charge in [-0.1, -0.05) is 18.2 Å². The third-order valence-corrected chi connectivity index (χ3v) is 8.16. The van der Waals surface area contributed by atoms with Crippen LogP contribution in [0, 0.1) is 0 Å². The van der Waals surface area contributed by atoms with E-state index in [4.69, 9.17) is 0 Å². The summed E-state index contributed by atoms with van der Waals surface area (Å²) in [6.07, 6.45) is 3.87. The lowest BCUT2D eigenvalue weighted by molar-refractivity contribution is -0.136. The number of nitrogens with one attached hydrogen (secondary N) is 2. The van der Waals surface area contributed by atoms with Gasteiger partial charge in [0.25, 0.3) is 11.8 Å². The first-order valence-electron chi connectivity index (χ1n) is 12.1. The van der Waals surface area contributed by atoms with Gasteiger partial charge in [0.15, 0.2) is 0 Å². The number of amides is 3. The van der Waals surface area contributed by atoms with Crippen LogP contribution in [0.5, 0.6) is 0 Å². The van der Waals surface area contributed by atoms with Crippen molar-refractivity contribution in [2.75, 3.05) is 18.4 Å². The molecule has 2 aliphatic rings. The first kappa shape index (κ1) is 22.5. The van der Waals surface area contributed by atoms with Gasteiger partial charge in [-0.15, -0.1) is 11.3 Å². The molecule has 1 atom stereocenters. The molecule has 9 heteroatoms. The molecule has 0 unspecified atom stereocenters. The molecular weight excluding hydrogens is 474 g/mol. The lowest BCUT2D eigenvalue weighted by atomic mass is 10.1. The molecule has 0 saturated carbocycles. The number of rotatable bonds is 4. The lowest BCUT2D eigenvalue weighted by Gasteiger charge is -2.32. The van der Waals surface area contributed by atoms with E-state index in [1.54, 1.807) is 17.2 Å². The Morgan fingerprint density at radius 2 is 1.92 bits per heavy atom. The quantitative estimate of drug-likeness (QED) is 0.442. The van der Waals surface area contributed by atoms with E-state index in [0.717, 1.165) is 33.5 Å². The van der Waals surface area contributed by atoms with E-state index in [9.17, 15) is 14.4 Å². The summed E-state index contributed by atoms with van der Waals surface area (Å²) in [7, 11) is 0. The van der Waals surface area contributed by atoms with E-state index in [1.165, 1.54) is 11.3 Å². The van der Waals surface area contributed by atoms with Crippen LogP contribution < -0.4 is 5.32 Å². The number of para-hydroxylation sites is 1. The number of carbonyl (C=O) groups excluding carboxylic acids is 3. The molecule has 0 aliphatic carbocycles. The van der Waals surface area contributed by atoms with Crippen LogP contribution in [0.4, 0.5) is 5.69 Å². The van der Waals surface area contributed by atoms with Crippen LogP contribution in [0.3, 0.4) is 0 Å². The van der Waals surface area contributed by atoms with Gasteiger partial charge < -0.3 is 15.1 Å². The van der Waals surface area contributed by atoms with Gasteiger partial charge in [0.05, 0.1) is 16.6 Å². The predicted molar refractivity (Wildman–Crippen MR) is 138 cm³/mol. The summed E-state index contributed by atoms with van der Waals surface area (Å²) in [5.41, 5.74) is 3.21. The molecular formula is C27H25N5O3S. The van der Waals surface area contributed by atoms with Gasteiger partial charge in [-0.3, -0.25) is 19.5 Å². The number of H-pyrrole nitrogens is 1. The molecule has 36 heavy (non-hydrogen) atoms.